The third-order valence-electron chi connectivity index (χ3n) is 4.92. The Morgan fingerprint density at radius 1 is 1.15 bits per heavy atom. The monoisotopic (exact) mass is 380 g/mol. The van der Waals surface area contributed by atoms with Crippen molar-refractivity contribution in [1.82, 2.24) is 9.62 Å². The van der Waals surface area contributed by atoms with Gasteiger partial charge in [0.1, 0.15) is 0 Å². The van der Waals surface area contributed by atoms with Gasteiger partial charge in [0.25, 0.3) is 0 Å². The predicted octanol–water partition coefficient (Wildman–Crippen LogP) is 2.60. The fourth-order valence-corrected chi connectivity index (χ4v) is 4.43. The largest absolute Gasteiger partial charge is 0.355 e. The molecule has 7 heteroatoms. The number of hydrogen-bond donors (Lipinski definition) is 1. The van der Waals surface area contributed by atoms with Crippen LogP contribution in [0.5, 0.6) is 0 Å². The van der Waals surface area contributed by atoms with E-state index in [0.29, 0.717) is 12.1 Å². The highest BCUT2D eigenvalue weighted by Crippen LogP contribution is 2.28. The van der Waals surface area contributed by atoms with Crippen molar-refractivity contribution in [3.8, 4) is 0 Å². The van der Waals surface area contributed by atoms with E-state index in [2.05, 4.69) is 5.32 Å². The van der Waals surface area contributed by atoms with Crippen LogP contribution in [0, 0.1) is 5.92 Å². The zero-order chi connectivity index (χ0) is 19.2. The molecule has 0 aromatic heterocycles. The summed E-state index contributed by atoms with van der Waals surface area (Å²) in [6, 6.07) is 5.74. The van der Waals surface area contributed by atoms with Crippen molar-refractivity contribution in [2.45, 2.75) is 50.3 Å². The first-order valence-electron chi connectivity index (χ1n) is 9.14. The molecule has 0 unspecified atom stereocenters. The van der Waals surface area contributed by atoms with E-state index < -0.39 is 10.0 Å². The molecule has 0 bridgehead atoms. The van der Waals surface area contributed by atoms with Gasteiger partial charge in [0.05, 0.1) is 11.4 Å². The van der Waals surface area contributed by atoms with Gasteiger partial charge in [-0.1, -0.05) is 37.8 Å². The molecule has 1 aliphatic rings. The van der Waals surface area contributed by atoms with E-state index in [1.165, 1.54) is 63.9 Å². The number of Topliss-reactive ketones (excluding diaryl/α,β-unsaturated/α-hetero) is 1. The number of hydrogen-bond acceptors (Lipinski definition) is 4. The molecule has 1 amide bonds. The highest BCUT2D eigenvalue weighted by atomic mass is 32.2. The second-order valence-electron chi connectivity index (χ2n) is 6.98. The Morgan fingerprint density at radius 3 is 2.35 bits per heavy atom. The number of ketones is 1. The van der Waals surface area contributed by atoms with Crippen molar-refractivity contribution in [2.75, 3.05) is 20.1 Å². The maximum Gasteiger partial charge on any atom is 0.243 e. The second-order valence-corrected chi connectivity index (χ2v) is 9.03. The molecular formula is C19H28N2O4S. The first-order chi connectivity index (χ1) is 12.3. The maximum atomic E-state index is 12.5. The fraction of sp³-hybridized carbons (Fsp3) is 0.579. The number of nitrogens with zero attached hydrogens (tertiary/aromatic N) is 1. The van der Waals surface area contributed by atoms with Crippen LogP contribution >= 0.6 is 0 Å². The summed E-state index contributed by atoms with van der Waals surface area (Å²) >= 11 is 0. The van der Waals surface area contributed by atoms with Gasteiger partial charge >= 0.3 is 0 Å². The first kappa shape index (κ1) is 20.6. The van der Waals surface area contributed by atoms with E-state index in [1.807, 2.05) is 0 Å². The Labute approximate surface area is 156 Å². The molecule has 0 heterocycles. The summed E-state index contributed by atoms with van der Waals surface area (Å²) in [6.07, 6.45) is 7.26. The van der Waals surface area contributed by atoms with E-state index in [9.17, 15) is 18.0 Å². The predicted molar refractivity (Wildman–Crippen MR) is 100 cm³/mol. The molecule has 0 aliphatic heterocycles. The van der Waals surface area contributed by atoms with Crippen molar-refractivity contribution < 1.29 is 18.0 Å². The Bertz CT molecular complexity index is 722. The Balaban J connectivity index is 1.81. The number of benzene rings is 1. The first-order valence-corrected chi connectivity index (χ1v) is 10.6. The minimum absolute atomic E-state index is 0.0685. The van der Waals surface area contributed by atoms with Crippen LogP contribution in [0.1, 0.15) is 55.8 Å². The molecule has 1 N–H and O–H groups in total. The molecule has 26 heavy (non-hydrogen) atoms. The zero-order valence-corrected chi connectivity index (χ0v) is 16.3. The number of sulfonamides is 1. The lowest BCUT2D eigenvalue weighted by molar-refractivity contribution is -0.121. The summed E-state index contributed by atoms with van der Waals surface area (Å²) in [5.41, 5.74) is 0.451. The number of rotatable bonds is 9. The molecule has 1 fully saturated rings. The summed E-state index contributed by atoms with van der Waals surface area (Å²) in [7, 11) is -2.38. The highest BCUT2D eigenvalue weighted by molar-refractivity contribution is 7.89. The standard InChI is InChI=1S/C19H28N2O4S/c1-15(22)17-9-11-18(12-10-17)26(24,25)21(2)14-19(23)20-13-5-8-16-6-3-4-7-16/h9-12,16H,3-8,13-14H2,1-2H3,(H,20,23). The van der Waals surface area contributed by atoms with Gasteiger partial charge in [-0.3, -0.25) is 9.59 Å². The smallest absolute Gasteiger partial charge is 0.243 e. The summed E-state index contributed by atoms with van der Waals surface area (Å²) in [4.78, 5) is 23.4. The minimum atomic E-state index is -3.76. The van der Waals surface area contributed by atoms with Gasteiger partial charge in [-0.25, -0.2) is 8.42 Å². The second kappa shape index (κ2) is 9.28. The molecule has 1 aromatic carbocycles. The summed E-state index contributed by atoms with van der Waals surface area (Å²) in [5, 5.41) is 2.80. The molecular weight excluding hydrogens is 352 g/mol. The SMILES string of the molecule is CC(=O)c1ccc(S(=O)(=O)N(C)CC(=O)NCCCC2CCCC2)cc1. The summed E-state index contributed by atoms with van der Waals surface area (Å²) in [6.45, 7) is 1.78. The quantitative estimate of drug-likeness (QED) is 0.527. The number of amides is 1. The van der Waals surface area contributed by atoms with Crippen molar-refractivity contribution >= 4 is 21.7 Å². The van der Waals surface area contributed by atoms with Gasteiger partial charge in [-0.05, 0) is 37.8 Å². The lowest BCUT2D eigenvalue weighted by Gasteiger charge is -2.17. The third kappa shape index (κ3) is 5.64. The zero-order valence-electron chi connectivity index (χ0n) is 15.5. The summed E-state index contributed by atoms with van der Waals surface area (Å²) < 4.78 is 26.1. The number of carbonyl (C=O) groups excluding carboxylic acids is 2. The van der Waals surface area contributed by atoms with Crippen LogP contribution in [0.4, 0.5) is 0 Å². The lowest BCUT2D eigenvalue weighted by Crippen LogP contribution is -2.38. The summed E-state index contributed by atoms with van der Waals surface area (Å²) in [5.74, 6) is 0.357. The van der Waals surface area contributed by atoms with Gasteiger partial charge in [-0.15, -0.1) is 0 Å². The average Bonchev–Trinajstić information content (AvgIpc) is 3.12. The molecule has 0 atom stereocenters. The Hall–Kier alpha value is -1.73. The number of carbonyl (C=O) groups is 2. The van der Waals surface area contributed by atoms with Gasteiger partial charge in [-0.2, -0.15) is 4.31 Å². The molecule has 0 radical (unpaired) electrons. The Kier molecular flexibility index (Phi) is 7.34. The van der Waals surface area contributed by atoms with Crippen molar-refractivity contribution in [1.29, 1.82) is 0 Å². The van der Waals surface area contributed by atoms with Crippen LogP contribution in [0.15, 0.2) is 29.2 Å². The minimum Gasteiger partial charge on any atom is -0.355 e. The van der Waals surface area contributed by atoms with Crippen LogP contribution < -0.4 is 5.32 Å². The van der Waals surface area contributed by atoms with Crippen LogP contribution in [0.2, 0.25) is 0 Å². The van der Waals surface area contributed by atoms with E-state index in [0.717, 1.165) is 23.1 Å². The average molecular weight is 381 g/mol. The molecule has 1 aliphatic carbocycles. The Morgan fingerprint density at radius 2 is 1.77 bits per heavy atom. The van der Waals surface area contributed by atoms with Crippen LogP contribution in [0.25, 0.3) is 0 Å². The fourth-order valence-electron chi connectivity index (χ4n) is 3.30. The molecule has 1 saturated carbocycles. The maximum absolute atomic E-state index is 12.5. The van der Waals surface area contributed by atoms with Crippen molar-refractivity contribution in [2.24, 2.45) is 5.92 Å². The van der Waals surface area contributed by atoms with E-state index in [-0.39, 0.29) is 23.1 Å². The van der Waals surface area contributed by atoms with Crippen molar-refractivity contribution in [3.05, 3.63) is 29.8 Å². The van der Waals surface area contributed by atoms with Crippen LogP contribution in [-0.4, -0.2) is 44.6 Å². The molecule has 2 rings (SSSR count). The molecule has 1 aromatic rings. The molecule has 6 nitrogen and oxygen atoms in total. The van der Waals surface area contributed by atoms with Crippen LogP contribution in [-0.2, 0) is 14.8 Å². The van der Waals surface area contributed by atoms with Gasteiger partial charge in [0.15, 0.2) is 5.78 Å². The molecule has 0 saturated heterocycles. The topological polar surface area (TPSA) is 83.6 Å². The van der Waals surface area contributed by atoms with E-state index in [4.69, 9.17) is 0 Å². The van der Waals surface area contributed by atoms with E-state index >= 15 is 0 Å². The van der Waals surface area contributed by atoms with Gasteiger partial charge < -0.3 is 5.32 Å². The van der Waals surface area contributed by atoms with E-state index in [1.54, 1.807) is 0 Å². The third-order valence-corrected chi connectivity index (χ3v) is 6.74. The highest BCUT2D eigenvalue weighted by Gasteiger charge is 2.23. The number of likely N-dealkylation sites (N-methyl/N-ethyl adjacent to an activating group) is 1. The molecule has 0 spiro atoms. The van der Waals surface area contributed by atoms with Gasteiger partial charge in [0.2, 0.25) is 15.9 Å². The van der Waals surface area contributed by atoms with Gasteiger partial charge in [0, 0.05) is 19.2 Å². The lowest BCUT2D eigenvalue weighted by atomic mass is 10.0. The van der Waals surface area contributed by atoms with Crippen LogP contribution in [0.3, 0.4) is 0 Å². The molecule has 144 valence electrons. The number of nitrogens with one attached hydrogen (secondary N) is 1. The van der Waals surface area contributed by atoms with Crippen molar-refractivity contribution in [3.63, 3.8) is 0 Å². The normalized spacial score (nSPS) is 15.3.